The third-order valence-electron chi connectivity index (χ3n) is 3.89. The van der Waals surface area contributed by atoms with Crippen LogP contribution in [0.3, 0.4) is 0 Å². The second-order valence-electron chi connectivity index (χ2n) is 6.04. The standard InChI is InChI=1S/C21H19N3O3S/c1-14(25)23-16-10-8-15(9-11-16)13-22-20(26)17-5-2-3-6-18(17)24-21(27)19-7-4-12-28-19/h2-12H,13H2,1H3,(H,22,26)(H,23,25)(H,24,27). The van der Waals surface area contributed by atoms with E-state index in [0.717, 1.165) is 5.56 Å². The first-order chi connectivity index (χ1) is 13.5. The van der Waals surface area contributed by atoms with Gasteiger partial charge >= 0.3 is 0 Å². The number of anilines is 2. The first-order valence-electron chi connectivity index (χ1n) is 8.61. The van der Waals surface area contributed by atoms with Gasteiger partial charge in [-0.2, -0.15) is 0 Å². The van der Waals surface area contributed by atoms with Gasteiger partial charge in [0.1, 0.15) is 0 Å². The minimum atomic E-state index is -0.284. The molecule has 2 aromatic carbocycles. The number of benzene rings is 2. The molecule has 3 amide bonds. The van der Waals surface area contributed by atoms with Gasteiger partial charge in [0.25, 0.3) is 11.8 Å². The van der Waals surface area contributed by atoms with E-state index >= 15 is 0 Å². The largest absolute Gasteiger partial charge is 0.348 e. The van der Waals surface area contributed by atoms with E-state index in [1.54, 1.807) is 48.5 Å². The fraction of sp³-hybridized carbons (Fsp3) is 0.0952. The molecule has 3 N–H and O–H groups in total. The Morgan fingerprint density at radius 1 is 0.857 bits per heavy atom. The topological polar surface area (TPSA) is 87.3 Å². The van der Waals surface area contributed by atoms with Gasteiger partial charge in [-0.3, -0.25) is 14.4 Å². The number of carbonyl (C=O) groups is 3. The highest BCUT2D eigenvalue weighted by Crippen LogP contribution is 2.18. The number of amides is 3. The zero-order chi connectivity index (χ0) is 19.9. The van der Waals surface area contributed by atoms with Crippen LogP contribution in [0, 0.1) is 0 Å². The third kappa shape index (κ3) is 5.05. The molecule has 1 aromatic heterocycles. The number of carbonyl (C=O) groups excluding carboxylic acids is 3. The first-order valence-corrected chi connectivity index (χ1v) is 9.49. The molecule has 0 spiro atoms. The van der Waals surface area contributed by atoms with Gasteiger partial charge in [-0.1, -0.05) is 30.3 Å². The summed E-state index contributed by atoms with van der Waals surface area (Å²) < 4.78 is 0. The number of hydrogen-bond acceptors (Lipinski definition) is 4. The van der Waals surface area contributed by atoms with Crippen LogP contribution in [0.5, 0.6) is 0 Å². The van der Waals surface area contributed by atoms with E-state index in [1.807, 2.05) is 17.5 Å². The molecule has 0 aliphatic heterocycles. The Morgan fingerprint density at radius 2 is 1.61 bits per heavy atom. The van der Waals surface area contributed by atoms with Crippen LogP contribution >= 0.6 is 11.3 Å². The number of thiophene rings is 1. The molecule has 142 valence electrons. The lowest BCUT2D eigenvalue weighted by molar-refractivity contribution is -0.114. The quantitative estimate of drug-likeness (QED) is 0.594. The molecule has 0 fully saturated rings. The van der Waals surface area contributed by atoms with Crippen molar-refractivity contribution < 1.29 is 14.4 Å². The van der Waals surface area contributed by atoms with Gasteiger partial charge in [0.05, 0.1) is 16.1 Å². The Labute approximate surface area is 166 Å². The van der Waals surface area contributed by atoms with Crippen LogP contribution in [0.4, 0.5) is 11.4 Å². The lowest BCUT2D eigenvalue weighted by Gasteiger charge is -2.11. The van der Waals surface area contributed by atoms with Crippen molar-refractivity contribution >= 4 is 40.4 Å². The van der Waals surface area contributed by atoms with Crippen LogP contribution < -0.4 is 16.0 Å². The molecule has 0 aliphatic rings. The molecule has 1 heterocycles. The van der Waals surface area contributed by atoms with Crippen molar-refractivity contribution in [3.8, 4) is 0 Å². The highest BCUT2D eigenvalue weighted by Gasteiger charge is 2.14. The number of hydrogen-bond donors (Lipinski definition) is 3. The van der Waals surface area contributed by atoms with Gasteiger partial charge in [-0.05, 0) is 41.3 Å². The predicted octanol–water partition coefficient (Wildman–Crippen LogP) is 3.89. The van der Waals surface area contributed by atoms with Gasteiger partial charge in [0, 0.05) is 19.2 Å². The smallest absolute Gasteiger partial charge is 0.265 e. The SMILES string of the molecule is CC(=O)Nc1ccc(CNC(=O)c2ccccc2NC(=O)c2cccs2)cc1. The summed E-state index contributed by atoms with van der Waals surface area (Å²) in [5.74, 6) is -0.668. The zero-order valence-corrected chi connectivity index (χ0v) is 16.0. The predicted molar refractivity (Wildman–Crippen MR) is 111 cm³/mol. The maximum absolute atomic E-state index is 12.6. The van der Waals surface area contributed by atoms with Gasteiger partial charge in [0.2, 0.25) is 5.91 Å². The van der Waals surface area contributed by atoms with Gasteiger partial charge < -0.3 is 16.0 Å². The zero-order valence-electron chi connectivity index (χ0n) is 15.2. The second-order valence-corrected chi connectivity index (χ2v) is 6.99. The van der Waals surface area contributed by atoms with Gasteiger partial charge in [0.15, 0.2) is 0 Å². The summed E-state index contributed by atoms with van der Waals surface area (Å²) in [7, 11) is 0. The fourth-order valence-corrected chi connectivity index (χ4v) is 3.19. The molecule has 0 bridgehead atoms. The summed E-state index contributed by atoms with van der Waals surface area (Å²) in [6.45, 7) is 1.77. The van der Waals surface area contributed by atoms with Crippen molar-refractivity contribution in [1.29, 1.82) is 0 Å². The Morgan fingerprint density at radius 3 is 2.29 bits per heavy atom. The minimum absolute atomic E-state index is 0.137. The van der Waals surface area contributed by atoms with Crippen LogP contribution in [0.2, 0.25) is 0 Å². The summed E-state index contributed by atoms with van der Waals surface area (Å²) in [5.41, 5.74) is 2.44. The van der Waals surface area contributed by atoms with E-state index in [2.05, 4.69) is 16.0 Å². The molecule has 7 heteroatoms. The second kappa shape index (κ2) is 8.96. The Hall–Kier alpha value is -3.45. The molecule has 6 nitrogen and oxygen atoms in total. The molecule has 0 radical (unpaired) electrons. The fourth-order valence-electron chi connectivity index (χ4n) is 2.57. The molecule has 3 rings (SSSR count). The Bertz CT molecular complexity index is 982. The van der Waals surface area contributed by atoms with Crippen molar-refractivity contribution in [2.75, 3.05) is 10.6 Å². The molecule has 28 heavy (non-hydrogen) atoms. The first kappa shape index (κ1) is 19.3. The summed E-state index contributed by atoms with van der Waals surface area (Å²) >= 11 is 1.34. The van der Waals surface area contributed by atoms with E-state index < -0.39 is 0 Å². The molecular formula is C21H19N3O3S. The summed E-state index contributed by atoms with van der Waals surface area (Å²) in [5, 5.41) is 10.2. The molecule has 0 atom stereocenters. The maximum Gasteiger partial charge on any atom is 0.265 e. The average Bonchev–Trinajstić information content (AvgIpc) is 3.22. The van der Waals surface area contributed by atoms with Crippen molar-refractivity contribution in [1.82, 2.24) is 5.32 Å². The third-order valence-corrected chi connectivity index (χ3v) is 4.76. The van der Waals surface area contributed by atoms with E-state index in [9.17, 15) is 14.4 Å². The highest BCUT2D eigenvalue weighted by atomic mass is 32.1. The monoisotopic (exact) mass is 393 g/mol. The molecule has 0 unspecified atom stereocenters. The van der Waals surface area contributed by atoms with Crippen LogP contribution in [0.1, 0.15) is 32.5 Å². The van der Waals surface area contributed by atoms with Crippen LogP contribution in [0.15, 0.2) is 66.0 Å². The molecule has 0 saturated heterocycles. The van der Waals surface area contributed by atoms with E-state index in [-0.39, 0.29) is 17.7 Å². The lowest BCUT2D eigenvalue weighted by atomic mass is 10.1. The van der Waals surface area contributed by atoms with E-state index in [1.165, 1.54) is 18.3 Å². The number of para-hydroxylation sites is 1. The Kier molecular flexibility index (Phi) is 6.18. The summed E-state index contributed by atoms with van der Waals surface area (Å²) in [4.78, 5) is 36.5. The minimum Gasteiger partial charge on any atom is -0.348 e. The van der Waals surface area contributed by atoms with E-state index in [4.69, 9.17) is 0 Å². The lowest BCUT2D eigenvalue weighted by Crippen LogP contribution is -2.24. The maximum atomic E-state index is 12.6. The Balaban J connectivity index is 1.64. The van der Waals surface area contributed by atoms with Crippen molar-refractivity contribution in [3.63, 3.8) is 0 Å². The normalized spacial score (nSPS) is 10.2. The molecule has 0 saturated carbocycles. The van der Waals surface area contributed by atoms with Crippen molar-refractivity contribution in [2.45, 2.75) is 13.5 Å². The number of nitrogens with one attached hydrogen (secondary N) is 3. The van der Waals surface area contributed by atoms with Gasteiger partial charge in [-0.25, -0.2) is 0 Å². The van der Waals surface area contributed by atoms with Crippen LogP contribution in [0.25, 0.3) is 0 Å². The van der Waals surface area contributed by atoms with Crippen molar-refractivity contribution in [3.05, 3.63) is 82.0 Å². The van der Waals surface area contributed by atoms with Crippen LogP contribution in [-0.2, 0) is 11.3 Å². The van der Waals surface area contributed by atoms with Crippen molar-refractivity contribution in [2.24, 2.45) is 0 Å². The number of rotatable bonds is 6. The summed E-state index contributed by atoms with van der Waals surface area (Å²) in [6, 6.07) is 17.6. The van der Waals surface area contributed by atoms with Gasteiger partial charge in [-0.15, -0.1) is 11.3 Å². The molecule has 3 aromatic rings. The molecular weight excluding hydrogens is 374 g/mol. The van der Waals surface area contributed by atoms with E-state index in [0.29, 0.717) is 28.4 Å². The molecule has 0 aliphatic carbocycles. The highest BCUT2D eigenvalue weighted by molar-refractivity contribution is 7.12. The summed E-state index contributed by atoms with van der Waals surface area (Å²) in [6.07, 6.45) is 0. The average molecular weight is 393 g/mol. The van der Waals surface area contributed by atoms with Crippen LogP contribution in [-0.4, -0.2) is 17.7 Å².